The minimum absolute atomic E-state index is 0. The largest absolute Gasteiger partial charge is 0.337 e. The summed E-state index contributed by atoms with van der Waals surface area (Å²) in [6.07, 6.45) is 3.94. The van der Waals surface area contributed by atoms with Gasteiger partial charge in [0.1, 0.15) is 6.04 Å². The summed E-state index contributed by atoms with van der Waals surface area (Å²) >= 11 is 0. The van der Waals surface area contributed by atoms with E-state index in [0.717, 1.165) is 50.9 Å². The fourth-order valence-corrected chi connectivity index (χ4v) is 3.63. The smallest absolute Gasteiger partial charge is 0.249 e. The average Bonchev–Trinajstić information content (AvgIpc) is 3.34. The first-order valence-electron chi connectivity index (χ1n) is 8.73. The van der Waals surface area contributed by atoms with Gasteiger partial charge in [0.05, 0.1) is 5.92 Å². The summed E-state index contributed by atoms with van der Waals surface area (Å²) in [4.78, 5) is 19.4. The highest BCUT2D eigenvalue weighted by atomic mass is 35.5. The molecule has 0 bridgehead atoms. The zero-order chi connectivity index (χ0) is 16.4. The molecular weight excluding hydrogens is 340 g/mol. The monoisotopic (exact) mass is 362 g/mol. The van der Waals surface area contributed by atoms with Crippen molar-refractivity contribution in [1.82, 2.24) is 20.4 Å². The topological polar surface area (TPSA) is 71.3 Å². The van der Waals surface area contributed by atoms with Crippen LogP contribution in [-0.2, 0) is 4.79 Å². The van der Waals surface area contributed by atoms with Crippen molar-refractivity contribution in [2.75, 3.05) is 19.6 Å². The number of carbonyl (C=O) groups is 1. The van der Waals surface area contributed by atoms with Crippen molar-refractivity contribution in [3.8, 4) is 11.4 Å². The van der Waals surface area contributed by atoms with Crippen LogP contribution in [0.2, 0.25) is 0 Å². The average molecular weight is 363 g/mol. The molecule has 2 saturated heterocycles. The van der Waals surface area contributed by atoms with Gasteiger partial charge >= 0.3 is 0 Å². The van der Waals surface area contributed by atoms with E-state index in [1.54, 1.807) is 0 Å². The van der Waals surface area contributed by atoms with E-state index >= 15 is 0 Å². The molecule has 4 rings (SSSR count). The second-order valence-electron chi connectivity index (χ2n) is 6.56. The summed E-state index contributed by atoms with van der Waals surface area (Å²) in [5.41, 5.74) is 0.932. The Labute approximate surface area is 153 Å². The van der Waals surface area contributed by atoms with Crippen molar-refractivity contribution in [2.45, 2.75) is 31.7 Å². The number of benzene rings is 1. The summed E-state index contributed by atoms with van der Waals surface area (Å²) in [6.45, 7) is 2.48. The number of aromatic nitrogens is 2. The van der Waals surface area contributed by atoms with Gasteiger partial charge < -0.3 is 14.7 Å². The van der Waals surface area contributed by atoms with Crippen molar-refractivity contribution in [3.63, 3.8) is 0 Å². The highest BCUT2D eigenvalue weighted by Gasteiger charge is 2.36. The van der Waals surface area contributed by atoms with Crippen molar-refractivity contribution < 1.29 is 9.32 Å². The zero-order valence-electron chi connectivity index (χ0n) is 14.1. The van der Waals surface area contributed by atoms with Gasteiger partial charge in [0.25, 0.3) is 0 Å². The van der Waals surface area contributed by atoms with Crippen molar-refractivity contribution in [3.05, 3.63) is 36.2 Å². The molecule has 1 aromatic carbocycles. The number of likely N-dealkylation sites (tertiary alicyclic amines) is 1. The summed E-state index contributed by atoms with van der Waals surface area (Å²) < 4.78 is 5.53. The molecular formula is C18H23ClN4O2. The van der Waals surface area contributed by atoms with Crippen molar-refractivity contribution in [1.29, 1.82) is 0 Å². The lowest BCUT2D eigenvalue weighted by Crippen LogP contribution is -2.42. The highest BCUT2D eigenvalue weighted by molar-refractivity contribution is 5.85. The predicted octanol–water partition coefficient (Wildman–Crippen LogP) is 2.82. The maximum atomic E-state index is 12.9. The van der Waals surface area contributed by atoms with E-state index in [1.807, 2.05) is 35.2 Å². The number of amides is 1. The second kappa shape index (κ2) is 7.97. The van der Waals surface area contributed by atoms with Crippen LogP contribution < -0.4 is 5.32 Å². The van der Waals surface area contributed by atoms with Crippen molar-refractivity contribution in [2.24, 2.45) is 5.92 Å². The van der Waals surface area contributed by atoms with Crippen LogP contribution >= 0.6 is 12.4 Å². The van der Waals surface area contributed by atoms with Crippen LogP contribution in [0.3, 0.4) is 0 Å². The Morgan fingerprint density at radius 3 is 2.80 bits per heavy atom. The van der Waals surface area contributed by atoms with Gasteiger partial charge in [0.15, 0.2) is 0 Å². The van der Waals surface area contributed by atoms with Crippen LogP contribution in [0.4, 0.5) is 0 Å². The lowest BCUT2D eigenvalue weighted by atomic mass is 9.98. The number of halogens is 1. The van der Waals surface area contributed by atoms with Gasteiger partial charge in [-0.3, -0.25) is 4.79 Å². The van der Waals surface area contributed by atoms with E-state index in [2.05, 4.69) is 15.5 Å². The molecule has 1 N–H and O–H groups in total. The van der Waals surface area contributed by atoms with Crippen LogP contribution in [0.5, 0.6) is 0 Å². The van der Waals surface area contributed by atoms with E-state index in [0.29, 0.717) is 11.7 Å². The quantitative estimate of drug-likeness (QED) is 0.909. The Morgan fingerprint density at radius 2 is 2.04 bits per heavy atom. The van der Waals surface area contributed by atoms with E-state index in [4.69, 9.17) is 4.52 Å². The molecule has 7 heteroatoms. The number of nitrogens with one attached hydrogen (secondary N) is 1. The first-order chi connectivity index (χ1) is 11.8. The highest BCUT2D eigenvalue weighted by Crippen LogP contribution is 2.32. The molecule has 0 spiro atoms. The molecule has 134 valence electrons. The maximum Gasteiger partial charge on any atom is 0.249 e. The minimum atomic E-state index is -0.0863. The van der Waals surface area contributed by atoms with Gasteiger partial charge in [-0.2, -0.15) is 4.98 Å². The van der Waals surface area contributed by atoms with Gasteiger partial charge in [-0.25, -0.2) is 0 Å². The first-order valence-corrected chi connectivity index (χ1v) is 8.73. The molecule has 2 aromatic rings. The van der Waals surface area contributed by atoms with Gasteiger partial charge in [-0.05, 0) is 32.2 Å². The molecule has 0 aliphatic carbocycles. The van der Waals surface area contributed by atoms with Crippen LogP contribution in [0.15, 0.2) is 34.9 Å². The maximum absolute atomic E-state index is 12.9. The predicted molar refractivity (Wildman–Crippen MR) is 96.3 cm³/mol. The Morgan fingerprint density at radius 1 is 1.20 bits per heavy atom. The van der Waals surface area contributed by atoms with Crippen molar-refractivity contribution >= 4 is 18.3 Å². The summed E-state index contributed by atoms with van der Waals surface area (Å²) in [5, 5.41) is 7.39. The fraction of sp³-hybridized carbons (Fsp3) is 0.500. The SMILES string of the molecule is Cl.O=C(C1CCNC1)N1CCCCC1c1nc(-c2ccccc2)no1. The molecule has 2 fully saturated rings. The van der Waals surface area contributed by atoms with Gasteiger partial charge in [0, 0.05) is 18.7 Å². The van der Waals surface area contributed by atoms with Gasteiger partial charge in [0.2, 0.25) is 17.6 Å². The molecule has 2 aliphatic rings. The summed E-state index contributed by atoms with van der Waals surface area (Å²) in [7, 11) is 0. The molecule has 6 nitrogen and oxygen atoms in total. The number of piperidine rings is 1. The van der Waals surface area contributed by atoms with Crippen LogP contribution in [0.25, 0.3) is 11.4 Å². The number of carbonyl (C=O) groups excluding carboxylic acids is 1. The van der Waals surface area contributed by atoms with E-state index in [1.165, 1.54) is 0 Å². The molecule has 0 radical (unpaired) electrons. The summed E-state index contributed by atoms with van der Waals surface area (Å²) in [6, 6.07) is 9.70. The molecule has 1 aromatic heterocycles. The third kappa shape index (κ3) is 3.70. The Bertz CT molecular complexity index is 700. The second-order valence-corrected chi connectivity index (χ2v) is 6.56. The van der Waals surface area contributed by atoms with E-state index < -0.39 is 0 Å². The van der Waals surface area contributed by atoms with Crippen LogP contribution in [-0.4, -0.2) is 40.6 Å². The Kier molecular flexibility index (Phi) is 5.71. The molecule has 2 aliphatic heterocycles. The van der Waals surface area contributed by atoms with E-state index in [-0.39, 0.29) is 30.3 Å². The first kappa shape index (κ1) is 17.9. The molecule has 3 heterocycles. The zero-order valence-corrected chi connectivity index (χ0v) is 14.9. The van der Waals surface area contributed by atoms with Gasteiger partial charge in [-0.15, -0.1) is 12.4 Å². The van der Waals surface area contributed by atoms with Crippen LogP contribution in [0, 0.1) is 5.92 Å². The molecule has 1 amide bonds. The third-order valence-electron chi connectivity index (χ3n) is 4.95. The number of rotatable bonds is 3. The molecule has 2 atom stereocenters. The van der Waals surface area contributed by atoms with Gasteiger partial charge in [-0.1, -0.05) is 35.5 Å². The fourth-order valence-electron chi connectivity index (χ4n) is 3.63. The summed E-state index contributed by atoms with van der Waals surface area (Å²) in [5.74, 6) is 1.46. The van der Waals surface area contributed by atoms with Crippen LogP contribution in [0.1, 0.15) is 37.6 Å². The Hall–Kier alpha value is -1.92. The Balaban J connectivity index is 0.00000182. The molecule has 25 heavy (non-hydrogen) atoms. The number of hydrogen-bond acceptors (Lipinski definition) is 5. The lowest BCUT2D eigenvalue weighted by Gasteiger charge is -2.35. The van der Waals surface area contributed by atoms with E-state index in [9.17, 15) is 4.79 Å². The molecule has 0 saturated carbocycles. The normalized spacial score (nSPS) is 23.3. The minimum Gasteiger partial charge on any atom is -0.337 e. The third-order valence-corrected chi connectivity index (χ3v) is 4.95. The number of hydrogen-bond donors (Lipinski definition) is 1. The standard InChI is InChI=1S/C18H22N4O2.ClH/c23-18(14-9-10-19-12-14)22-11-5-4-8-15(22)17-20-16(21-24-17)13-6-2-1-3-7-13;/h1-3,6-7,14-15,19H,4-5,8-12H2;1H. The lowest BCUT2D eigenvalue weighted by molar-refractivity contribution is -0.139. The number of nitrogens with zero attached hydrogens (tertiary/aromatic N) is 3. The molecule has 2 unspecified atom stereocenters.